The molecule has 0 spiro atoms. The van der Waals surface area contributed by atoms with Crippen molar-refractivity contribution in [3.63, 3.8) is 0 Å². The summed E-state index contributed by atoms with van der Waals surface area (Å²) in [6, 6.07) is 28.9. The summed E-state index contributed by atoms with van der Waals surface area (Å²) in [5.74, 6) is 1.97. The van der Waals surface area contributed by atoms with Crippen molar-refractivity contribution < 1.29 is 27.4 Å². The number of fused-ring (bicyclic) bond motifs is 2. The first-order valence-electron chi connectivity index (χ1n) is 14.6. The Labute approximate surface area is 284 Å². The molecule has 0 atom stereocenters. The summed E-state index contributed by atoms with van der Waals surface area (Å²) in [7, 11) is 0. The molecule has 0 bridgehead atoms. The fraction of sp³-hybridized carbons (Fsp3) is 0.0588. The van der Waals surface area contributed by atoms with Crippen molar-refractivity contribution in [2.24, 2.45) is 0 Å². The number of hydrogen-bond donors (Lipinski definition) is 3. The van der Waals surface area contributed by atoms with Gasteiger partial charge in [0, 0.05) is 52.6 Å². The maximum Gasteiger partial charge on any atom is 0.573 e. The van der Waals surface area contributed by atoms with Gasteiger partial charge in [0.2, 0.25) is 22.9 Å². The van der Waals surface area contributed by atoms with Gasteiger partial charge in [-0.05, 0) is 78.4 Å². The second-order valence-electron chi connectivity index (χ2n) is 10.3. The number of benzene rings is 3. The van der Waals surface area contributed by atoms with Gasteiger partial charge in [0.1, 0.15) is 23.1 Å². The number of halogens is 4. The van der Waals surface area contributed by atoms with Crippen LogP contribution in [0.1, 0.15) is 5.56 Å². The monoisotopic (exact) mass is 701 g/mol. The van der Waals surface area contributed by atoms with E-state index >= 15 is 0 Å². The minimum atomic E-state index is -4.72. The number of alkyl halides is 3. The number of nitrogens with zero attached hydrogens (tertiary/aromatic N) is 4. The van der Waals surface area contributed by atoms with E-state index in [1.807, 2.05) is 6.07 Å². The molecular formula is C34H23ClF3N7O5. The SMILES string of the molecule is O=c1ccc2cc(Oc3ccc(Cl)nn3)ccc2[nH]1.O=c1ccc2cc(Oc3ccc(NCc4ccc(OC(F)(F)F)cc4)nn3)ccc2[nH]1. The lowest BCUT2D eigenvalue weighted by Gasteiger charge is -2.10. The quantitative estimate of drug-likeness (QED) is 0.146. The van der Waals surface area contributed by atoms with Crippen LogP contribution in [-0.2, 0) is 6.54 Å². The normalized spacial score (nSPS) is 11.0. The van der Waals surface area contributed by atoms with Crippen LogP contribution in [0.5, 0.6) is 29.0 Å². The average molecular weight is 702 g/mol. The zero-order chi connectivity index (χ0) is 35.1. The molecule has 12 nitrogen and oxygen atoms in total. The smallest absolute Gasteiger partial charge is 0.437 e. The molecule has 252 valence electrons. The maximum atomic E-state index is 12.2. The predicted octanol–water partition coefficient (Wildman–Crippen LogP) is 7.38. The molecule has 4 heterocycles. The molecule has 3 aromatic carbocycles. The number of pyridine rings is 2. The van der Waals surface area contributed by atoms with Gasteiger partial charge in [0.05, 0.1) is 0 Å². The topological polar surface area (TPSA) is 157 Å². The first-order chi connectivity index (χ1) is 24.0. The Morgan fingerprint density at radius 1 is 0.620 bits per heavy atom. The Morgan fingerprint density at radius 3 is 1.66 bits per heavy atom. The van der Waals surface area contributed by atoms with Crippen molar-refractivity contribution >= 4 is 39.2 Å². The maximum absolute atomic E-state index is 12.2. The summed E-state index contributed by atoms with van der Waals surface area (Å²) in [5.41, 5.74) is 1.88. The van der Waals surface area contributed by atoms with E-state index in [9.17, 15) is 22.8 Å². The van der Waals surface area contributed by atoms with Crippen LogP contribution in [-0.4, -0.2) is 36.7 Å². The van der Waals surface area contributed by atoms with E-state index in [0.717, 1.165) is 21.9 Å². The molecule has 0 amide bonds. The number of rotatable bonds is 8. The Kier molecular flexibility index (Phi) is 9.85. The Balaban J connectivity index is 0.000000194. The number of anilines is 1. The van der Waals surface area contributed by atoms with Crippen LogP contribution in [0, 0.1) is 0 Å². The molecule has 50 heavy (non-hydrogen) atoms. The van der Waals surface area contributed by atoms with Gasteiger partial charge >= 0.3 is 6.36 Å². The second kappa shape index (κ2) is 14.7. The average Bonchev–Trinajstić information content (AvgIpc) is 3.09. The molecule has 0 aliphatic rings. The molecule has 7 aromatic rings. The lowest BCUT2D eigenvalue weighted by molar-refractivity contribution is -0.274. The molecule has 3 N–H and O–H groups in total. The number of ether oxygens (including phenoxy) is 3. The third kappa shape index (κ3) is 9.32. The minimum Gasteiger partial charge on any atom is -0.437 e. The molecule has 0 unspecified atom stereocenters. The van der Waals surface area contributed by atoms with Gasteiger partial charge in [-0.2, -0.15) is 0 Å². The van der Waals surface area contributed by atoms with Crippen LogP contribution in [0.25, 0.3) is 21.8 Å². The van der Waals surface area contributed by atoms with Crippen molar-refractivity contribution in [2.75, 3.05) is 5.32 Å². The van der Waals surface area contributed by atoms with E-state index in [1.165, 1.54) is 36.4 Å². The second-order valence-corrected chi connectivity index (χ2v) is 10.7. The third-order valence-electron chi connectivity index (χ3n) is 6.71. The molecule has 0 saturated heterocycles. The standard InChI is InChI=1S/C21H15F3N4O3.C13H8ClN3O2/c22-21(23,24)31-15-4-1-13(2-5-15)12-25-18-8-10-20(28-27-18)30-16-6-7-17-14(11-16)3-9-19(29)26-17;14-11-4-6-13(17-16-11)19-9-2-3-10-8(7-9)1-5-12(18)15-10/h1-11H,12H2,(H,25,27)(H,26,29);1-7H,(H,15,18). The van der Waals surface area contributed by atoms with Crippen molar-refractivity contribution in [1.82, 2.24) is 30.4 Å². The van der Waals surface area contributed by atoms with Gasteiger partial charge in [-0.25, -0.2) is 0 Å². The molecule has 7 rings (SSSR count). The number of hydrogen-bond acceptors (Lipinski definition) is 10. The van der Waals surface area contributed by atoms with Crippen molar-refractivity contribution in [1.29, 1.82) is 0 Å². The van der Waals surface area contributed by atoms with E-state index < -0.39 is 6.36 Å². The van der Waals surface area contributed by atoms with Crippen molar-refractivity contribution in [3.8, 4) is 29.0 Å². The molecular weight excluding hydrogens is 679 g/mol. The highest BCUT2D eigenvalue weighted by Crippen LogP contribution is 2.26. The van der Waals surface area contributed by atoms with Crippen LogP contribution in [0.3, 0.4) is 0 Å². The van der Waals surface area contributed by atoms with E-state index in [4.69, 9.17) is 21.1 Å². The first-order valence-corrected chi connectivity index (χ1v) is 15.0. The van der Waals surface area contributed by atoms with Crippen LogP contribution in [0.15, 0.2) is 119 Å². The first kappa shape index (κ1) is 33.4. The fourth-order valence-electron chi connectivity index (χ4n) is 4.46. The van der Waals surface area contributed by atoms with Crippen LogP contribution in [0.4, 0.5) is 19.0 Å². The van der Waals surface area contributed by atoms with E-state index in [0.29, 0.717) is 40.4 Å². The van der Waals surface area contributed by atoms with Crippen molar-refractivity contribution in [3.05, 3.63) is 141 Å². The molecule has 0 aliphatic heterocycles. The van der Waals surface area contributed by atoms with E-state index in [2.05, 4.69) is 40.4 Å². The lowest BCUT2D eigenvalue weighted by atomic mass is 10.2. The van der Waals surface area contributed by atoms with Gasteiger partial charge in [-0.3, -0.25) is 9.59 Å². The summed E-state index contributed by atoms with van der Waals surface area (Å²) in [6.07, 6.45) is -4.72. The summed E-state index contributed by atoms with van der Waals surface area (Å²) in [4.78, 5) is 28.0. The van der Waals surface area contributed by atoms with Crippen LogP contribution >= 0.6 is 11.6 Å². The number of H-pyrrole nitrogens is 2. The van der Waals surface area contributed by atoms with Crippen LogP contribution in [0.2, 0.25) is 5.15 Å². The van der Waals surface area contributed by atoms with Gasteiger partial charge in [-0.15, -0.1) is 33.6 Å². The highest BCUT2D eigenvalue weighted by molar-refractivity contribution is 6.29. The largest absolute Gasteiger partial charge is 0.573 e. The van der Waals surface area contributed by atoms with Gasteiger partial charge in [0.25, 0.3) is 0 Å². The summed E-state index contributed by atoms with van der Waals surface area (Å²) < 4.78 is 51.7. The molecule has 0 saturated carbocycles. The zero-order valence-electron chi connectivity index (χ0n) is 25.4. The number of aromatic amines is 2. The Bertz CT molecular complexity index is 2350. The van der Waals surface area contributed by atoms with Crippen LogP contribution < -0.4 is 30.6 Å². The summed E-state index contributed by atoms with van der Waals surface area (Å²) in [6.45, 7) is 0.337. The predicted molar refractivity (Wildman–Crippen MR) is 179 cm³/mol. The molecule has 0 aliphatic carbocycles. The van der Waals surface area contributed by atoms with Gasteiger partial charge in [-0.1, -0.05) is 23.7 Å². The molecule has 0 fully saturated rings. The minimum absolute atomic E-state index is 0.135. The Hall–Kier alpha value is -6.48. The van der Waals surface area contributed by atoms with Crippen molar-refractivity contribution in [2.45, 2.75) is 12.9 Å². The van der Waals surface area contributed by atoms with Gasteiger partial charge in [0.15, 0.2) is 5.15 Å². The van der Waals surface area contributed by atoms with Gasteiger partial charge < -0.3 is 29.5 Å². The fourth-order valence-corrected chi connectivity index (χ4v) is 4.56. The zero-order valence-corrected chi connectivity index (χ0v) is 26.2. The Morgan fingerprint density at radius 2 is 1.16 bits per heavy atom. The number of nitrogens with one attached hydrogen (secondary N) is 3. The summed E-state index contributed by atoms with van der Waals surface area (Å²) in [5, 5.41) is 20.5. The lowest BCUT2D eigenvalue weighted by Crippen LogP contribution is -2.17. The van der Waals surface area contributed by atoms with E-state index in [-0.39, 0.29) is 22.7 Å². The highest BCUT2D eigenvalue weighted by atomic mass is 35.5. The molecule has 0 radical (unpaired) electrons. The molecule has 4 aromatic heterocycles. The summed E-state index contributed by atoms with van der Waals surface area (Å²) >= 11 is 5.64. The third-order valence-corrected chi connectivity index (χ3v) is 6.91. The molecule has 16 heteroatoms. The highest BCUT2D eigenvalue weighted by Gasteiger charge is 2.30. The number of aromatic nitrogens is 6. The van der Waals surface area contributed by atoms with E-state index in [1.54, 1.807) is 66.7 Å².